The summed E-state index contributed by atoms with van der Waals surface area (Å²) in [6.45, 7) is -0.0940. The molecule has 36 heavy (non-hydrogen) atoms. The summed E-state index contributed by atoms with van der Waals surface area (Å²) in [7, 11) is 0. The number of hydrogen-bond donors (Lipinski definition) is 4. The second-order valence-electron chi connectivity index (χ2n) is 8.57. The minimum atomic E-state index is -1.28. The lowest BCUT2D eigenvalue weighted by Crippen LogP contribution is -2.74. The van der Waals surface area contributed by atoms with Gasteiger partial charge in [0.15, 0.2) is 0 Å². The molecule has 2 aliphatic heterocycles. The maximum absolute atomic E-state index is 12.8. The van der Waals surface area contributed by atoms with Crippen molar-refractivity contribution in [3.8, 4) is 0 Å². The molecule has 13 nitrogen and oxygen atoms in total. The van der Waals surface area contributed by atoms with E-state index in [1.165, 1.54) is 16.7 Å². The highest BCUT2D eigenvalue weighted by Gasteiger charge is 2.57. The lowest BCUT2D eigenvalue weighted by atomic mass is 9.89. The molecule has 192 valence electrons. The fraction of sp³-hybridized carbons (Fsp3) is 0.476. The molecule has 2 fully saturated rings. The number of aliphatic carboxylic acids is 2. The molecule has 0 bridgehead atoms. The number of nitrogens with one attached hydrogen (secondary N) is 1. The number of carbonyl (C=O) groups is 4. The highest BCUT2D eigenvalue weighted by molar-refractivity contribution is 8.00. The van der Waals surface area contributed by atoms with Crippen LogP contribution in [0, 0.1) is 5.41 Å². The predicted octanol–water partition coefficient (Wildman–Crippen LogP) is -0.588. The van der Waals surface area contributed by atoms with E-state index in [-0.39, 0.29) is 46.8 Å². The van der Waals surface area contributed by atoms with Gasteiger partial charge < -0.3 is 26.2 Å². The minimum absolute atomic E-state index is 0.0252. The molecule has 2 aromatic rings. The highest BCUT2D eigenvalue weighted by Crippen LogP contribution is 2.44. The molecule has 1 aromatic heterocycles. The van der Waals surface area contributed by atoms with Crippen molar-refractivity contribution in [2.24, 2.45) is 11.1 Å². The average molecular weight is 536 g/mol. The number of hydrogen-bond acceptors (Lipinski definition) is 10. The Morgan fingerprint density at radius 3 is 2.69 bits per heavy atom. The van der Waals surface area contributed by atoms with E-state index in [9.17, 15) is 24.3 Å². The van der Waals surface area contributed by atoms with Gasteiger partial charge in [0, 0.05) is 31.0 Å². The molecule has 0 saturated carbocycles. The van der Waals surface area contributed by atoms with Gasteiger partial charge in [-0.3, -0.25) is 19.2 Å². The number of fused-ring (bicyclic) bond motifs is 1. The van der Waals surface area contributed by atoms with E-state index in [0.29, 0.717) is 13.0 Å². The number of benzene rings is 1. The molecule has 2 amide bonds. The Kier molecular flexibility index (Phi) is 7.80. The van der Waals surface area contributed by atoms with Gasteiger partial charge in [0.25, 0.3) is 0 Å². The third-order valence-electron chi connectivity index (χ3n) is 6.14. The van der Waals surface area contributed by atoms with E-state index in [4.69, 9.17) is 10.8 Å². The molecule has 15 heteroatoms. The highest BCUT2D eigenvalue weighted by atomic mass is 32.2. The summed E-state index contributed by atoms with van der Waals surface area (Å²) >= 11 is 2.33. The Balaban J connectivity index is 1.33. The number of aryl methyl sites for hydroxylation is 1. The van der Waals surface area contributed by atoms with Crippen molar-refractivity contribution in [1.82, 2.24) is 30.4 Å². The van der Waals surface area contributed by atoms with Gasteiger partial charge in [-0.05, 0) is 28.0 Å². The zero-order chi connectivity index (χ0) is 25.9. The maximum atomic E-state index is 12.8. The number of amides is 2. The van der Waals surface area contributed by atoms with Gasteiger partial charge in [0.2, 0.25) is 17.0 Å². The topological polar surface area (TPSA) is 194 Å². The van der Waals surface area contributed by atoms with E-state index in [1.54, 1.807) is 0 Å². The first-order valence-corrected chi connectivity index (χ1v) is 13.1. The van der Waals surface area contributed by atoms with Gasteiger partial charge in [-0.25, -0.2) is 4.68 Å². The Morgan fingerprint density at radius 2 is 2.00 bits per heavy atom. The first-order chi connectivity index (χ1) is 17.2. The molecule has 3 heterocycles. The van der Waals surface area contributed by atoms with Crippen LogP contribution in [-0.4, -0.2) is 88.5 Å². The fourth-order valence-electron chi connectivity index (χ4n) is 4.13. The van der Waals surface area contributed by atoms with Gasteiger partial charge in [-0.15, -0.1) is 16.9 Å². The molecule has 2 aliphatic rings. The lowest BCUT2D eigenvalue weighted by Gasteiger charge is -2.53. The second kappa shape index (κ2) is 10.8. The standard InChI is InChI=1S/C21H25N7O6S2/c22-7-13-4-2-1-3-12(13)5-6-14(29)23-16-17(32)27-9-21(19(33)34,10-35-18(16)27)11-36-20-24-25-26-28(20)8-15(30)31/h1-4,16,18H,5-11,22H2,(H,23,29)(H,30,31)(H,33,34)/t16?,18-,21?/m1/s1. The first kappa shape index (κ1) is 25.9. The van der Waals surface area contributed by atoms with Crippen molar-refractivity contribution < 1.29 is 29.4 Å². The van der Waals surface area contributed by atoms with Crippen LogP contribution in [-0.2, 0) is 38.7 Å². The number of carbonyl (C=O) groups excluding carboxylic acids is 2. The monoisotopic (exact) mass is 535 g/mol. The van der Waals surface area contributed by atoms with E-state index in [2.05, 4.69) is 20.8 Å². The molecule has 3 atom stereocenters. The Hall–Kier alpha value is -3.17. The third kappa shape index (κ3) is 5.32. The summed E-state index contributed by atoms with van der Waals surface area (Å²) in [4.78, 5) is 50.0. The van der Waals surface area contributed by atoms with Crippen molar-refractivity contribution in [2.45, 2.75) is 42.5 Å². The summed E-state index contributed by atoms with van der Waals surface area (Å²) in [5.74, 6) is -2.53. The molecule has 4 rings (SSSR count). The SMILES string of the molecule is NCc1ccccc1CCC(=O)NC1C(=O)N2CC(CSc3nnnn3CC(=O)O)(C(=O)O)CS[C@H]12. The number of thioether (sulfide) groups is 2. The average Bonchev–Trinajstić information content (AvgIpc) is 3.30. The number of aromatic nitrogens is 4. The molecule has 5 N–H and O–H groups in total. The van der Waals surface area contributed by atoms with Crippen LogP contribution in [0.25, 0.3) is 0 Å². The quantitative estimate of drug-likeness (QED) is 0.211. The number of tetrazole rings is 1. The van der Waals surface area contributed by atoms with Gasteiger partial charge in [0.1, 0.15) is 23.4 Å². The van der Waals surface area contributed by atoms with Gasteiger partial charge >= 0.3 is 11.9 Å². The lowest BCUT2D eigenvalue weighted by molar-refractivity contribution is -0.157. The van der Waals surface area contributed by atoms with Crippen molar-refractivity contribution >= 4 is 47.3 Å². The molecule has 0 aliphatic carbocycles. The number of nitrogens with zero attached hydrogens (tertiary/aromatic N) is 5. The number of nitrogens with two attached hydrogens (primary N) is 1. The normalized spacial score (nSPS) is 23.0. The van der Waals surface area contributed by atoms with Crippen LogP contribution in [0.5, 0.6) is 0 Å². The van der Waals surface area contributed by atoms with Gasteiger partial charge in [-0.2, -0.15) is 0 Å². The van der Waals surface area contributed by atoms with Crippen LogP contribution in [0.15, 0.2) is 29.4 Å². The van der Waals surface area contributed by atoms with Crippen molar-refractivity contribution in [3.05, 3.63) is 35.4 Å². The van der Waals surface area contributed by atoms with Crippen LogP contribution in [0.3, 0.4) is 0 Å². The Bertz CT molecular complexity index is 1180. The van der Waals surface area contributed by atoms with Crippen LogP contribution in [0.4, 0.5) is 0 Å². The van der Waals surface area contributed by atoms with Crippen molar-refractivity contribution in [2.75, 3.05) is 18.1 Å². The third-order valence-corrected chi connectivity index (χ3v) is 8.97. The summed E-state index contributed by atoms with van der Waals surface area (Å²) < 4.78 is 1.08. The fourth-order valence-corrected chi connectivity index (χ4v) is 6.87. The zero-order valence-corrected chi connectivity index (χ0v) is 20.7. The Morgan fingerprint density at radius 1 is 1.25 bits per heavy atom. The van der Waals surface area contributed by atoms with Crippen LogP contribution >= 0.6 is 23.5 Å². The summed E-state index contributed by atoms with van der Waals surface area (Å²) in [5.41, 5.74) is 6.43. The number of carboxylic acid groups (broad SMARTS) is 2. The summed E-state index contributed by atoms with van der Waals surface area (Å²) in [6.07, 6.45) is 0.710. The van der Waals surface area contributed by atoms with Gasteiger partial charge in [-0.1, -0.05) is 36.0 Å². The largest absolute Gasteiger partial charge is 0.481 e. The molecular formula is C21H25N7O6S2. The van der Waals surface area contributed by atoms with Gasteiger partial charge in [0.05, 0.1) is 0 Å². The number of carboxylic acids is 2. The first-order valence-electron chi connectivity index (χ1n) is 11.1. The van der Waals surface area contributed by atoms with E-state index < -0.39 is 29.9 Å². The van der Waals surface area contributed by atoms with Crippen LogP contribution in [0.2, 0.25) is 0 Å². The van der Waals surface area contributed by atoms with Crippen molar-refractivity contribution in [1.29, 1.82) is 0 Å². The van der Waals surface area contributed by atoms with Crippen molar-refractivity contribution in [3.63, 3.8) is 0 Å². The predicted molar refractivity (Wildman–Crippen MR) is 129 cm³/mol. The van der Waals surface area contributed by atoms with E-state index >= 15 is 0 Å². The summed E-state index contributed by atoms with van der Waals surface area (Å²) in [6, 6.07) is 6.92. The zero-order valence-electron chi connectivity index (χ0n) is 19.1. The minimum Gasteiger partial charge on any atom is -0.481 e. The molecule has 1 aromatic carbocycles. The molecular weight excluding hydrogens is 510 g/mol. The molecule has 0 radical (unpaired) electrons. The maximum Gasteiger partial charge on any atom is 0.325 e. The second-order valence-corrected chi connectivity index (χ2v) is 10.6. The summed E-state index contributed by atoms with van der Waals surface area (Å²) in [5, 5.41) is 32.4. The Labute approximate surface area is 214 Å². The number of β-lactam (4-membered cyclic amide) rings is 1. The molecule has 2 unspecified atom stereocenters. The molecule has 0 spiro atoms. The van der Waals surface area contributed by atoms with E-state index in [0.717, 1.165) is 27.6 Å². The van der Waals surface area contributed by atoms with Crippen LogP contribution in [0.1, 0.15) is 17.5 Å². The van der Waals surface area contributed by atoms with E-state index in [1.807, 2.05) is 24.3 Å². The van der Waals surface area contributed by atoms with Crippen LogP contribution < -0.4 is 11.1 Å². The molecule has 2 saturated heterocycles. The smallest absolute Gasteiger partial charge is 0.325 e. The number of rotatable bonds is 11.